The van der Waals surface area contributed by atoms with E-state index < -0.39 is 6.10 Å². The van der Waals surface area contributed by atoms with E-state index in [1.165, 1.54) is 0 Å². The van der Waals surface area contributed by atoms with Crippen LogP contribution in [0.15, 0.2) is 12.1 Å². The number of aliphatic hydroxyl groups is 1. The summed E-state index contributed by atoms with van der Waals surface area (Å²) in [5.74, 6) is -0.376. The summed E-state index contributed by atoms with van der Waals surface area (Å²) >= 11 is 11.3. The molecular formula is C15H17ClFNO3S. The number of aliphatic hydroxyl groups excluding tert-OH is 1. The highest BCUT2D eigenvalue weighted by Crippen LogP contribution is 2.30. The third-order valence-electron chi connectivity index (χ3n) is 4.22. The van der Waals surface area contributed by atoms with Crippen LogP contribution in [0.1, 0.15) is 17.5 Å². The summed E-state index contributed by atoms with van der Waals surface area (Å²) < 4.78 is 25.1. The molecule has 3 rings (SSSR count). The standard InChI is InChI=1S/C15H17ClFNO3S/c1-8-2-3-10(16)9(13(8)17)6-21-15(22)18-5-4-12-14(18)11(19)7-20-12/h2-3,11-12,14,19H,4-7H2,1H3/t11?,12-,14-/m1/s1. The predicted molar refractivity (Wildman–Crippen MR) is 84.4 cm³/mol. The molecule has 1 aromatic rings. The molecule has 0 aliphatic carbocycles. The van der Waals surface area contributed by atoms with E-state index in [-0.39, 0.29) is 29.7 Å². The van der Waals surface area contributed by atoms with Crippen LogP contribution >= 0.6 is 23.8 Å². The number of benzene rings is 1. The predicted octanol–water partition coefficient (Wildman–Crippen LogP) is 2.42. The van der Waals surface area contributed by atoms with Crippen molar-refractivity contribution in [1.82, 2.24) is 4.90 Å². The molecule has 1 aromatic carbocycles. The smallest absolute Gasteiger partial charge is 0.260 e. The minimum atomic E-state index is -0.576. The average molecular weight is 346 g/mol. The Balaban J connectivity index is 1.67. The third-order valence-corrected chi connectivity index (χ3v) is 4.93. The largest absolute Gasteiger partial charge is 0.466 e. The fourth-order valence-electron chi connectivity index (χ4n) is 3.02. The monoisotopic (exact) mass is 345 g/mol. The zero-order valence-electron chi connectivity index (χ0n) is 12.1. The Morgan fingerprint density at radius 3 is 3.14 bits per heavy atom. The number of nitrogens with zero attached hydrogens (tertiary/aromatic N) is 1. The van der Waals surface area contributed by atoms with Crippen LogP contribution < -0.4 is 0 Å². The number of hydrogen-bond acceptors (Lipinski definition) is 4. The normalized spacial score (nSPS) is 27.1. The van der Waals surface area contributed by atoms with E-state index in [9.17, 15) is 9.50 Å². The van der Waals surface area contributed by atoms with Crippen molar-refractivity contribution in [3.63, 3.8) is 0 Å². The Bertz CT molecular complexity index is 600. The maximum atomic E-state index is 14.1. The lowest BCUT2D eigenvalue weighted by Crippen LogP contribution is -2.44. The average Bonchev–Trinajstić information content (AvgIpc) is 3.06. The number of hydrogen-bond donors (Lipinski definition) is 1. The highest BCUT2D eigenvalue weighted by Gasteiger charge is 2.46. The molecule has 2 heterocycles. The Kier molecular flexibility index (Phi) is 4.54. The molecule has 0 aromatic heterocycles. The van der Waals surface area contributed by atoms with Gasteiger partial charge in [-0.3, -0.25) is 0 Å². The molecule has 2 fully saturated rings. The van der Waals surface area contributed by atoms with Gasteiger partial charge in [0.05, 0.1) is 23.8 Å². The zero-order valence-corrected chi connectivity index (χ0v) is 13.7. The van der Waals surface area contributed by atoms with E-state index >= 15 is 0 Å². The summed E-state index contributed by atoms with van der Waals surface area (Å²) in [5, 5.41) is 10.5. The van der Waals surface area contributed by atoms with Gasteiger partial charge < -0.3 is 19.5 Å². The first kappa shape index (κ1) is 15.9. The van der Waals surface area contributed by atoms with Gasteiger partial charge in [-0.2, -0.15) is 0 Å². The summed E-state index contributed by atoms with van der Waals surface area (Å²) in [6.07, 6.45) is 0.203. The number of thiocarbonyl (C=S) groups is 1. The van der Waals surface area contributed by atoms with Crippen LogP contribution in [-0.4, -0.2) is 46.6 Å². The van der Waals surface area contributed by atoms with Gasteiger partial charge in [0, 0.05) is 12.1 Å². The van der Waals surface area contributed by atoms with Crippen LogP contribution in [0.2, 0.25) is 5.02 Å². The highest BCUT2D eigenvalue weighted by atomic mass is 35.5. The van der Waals surface area contributed by atoms with E-state index in [4.69, 9.17) is 33.3 Å². The Morgan fingerprint density at radius 1 is 1.59 bits per heavy atom. The highest BCUT2D eigenvalue weighted by molar-refractivity contribution is 7.80. The maximum Gasteiger partial charge on any atom is 0.260 e. The van der Waals surface area contributed by atoms with Crippen LogP contribution in [0.4, 0.5) is 4.39 Å². The van der Waals surface area contributed by atoms with Gasteiger partial charge in [-0.1, -0.05) is 17.7 Å². The Hall–Kier alpha value is -0.950. The fraction of sp³-hybridized carbons (Fsp3) is 0.533. The third kappa shape index (κ3) is 2.80. The SMILES string of the molecule is Cc1ccc(Cl)c(COC(=S)N2CC[C@H]3OCC(O)[C@H]32)c1F. The van der Waals surface area contributed by atoms with Crippen LogP contribution in [-0.2, 0) is 16.1 Å². The second-order valence-corrected chi connectivity index (χ2v) is 6.38. The molecule has 0 amide bonds. The summed E-state index contributed by atoms with van der Waals surface area (Å²) in [7, 11) is 0. The molecule has 120 valence electrons. The molecule has 1 N–H and O–H groups in total. The van der Waals surface area contributed by atoms with Crippen LogP contribution in [0.5, 0.6) is 0 Å². The van der Waals surface area contributed by atoms with E-state index in [1.807, 2.05) is 4.90 Å². The van der Waals surface area contributed by atoms with Crippen LogP contribution in [0.3, 0.4) is 0 Å². The van der Waals surface area contributed by atoms with E-state index in [0.717, 1.165) is 6.42 Å². The first-order valence-corrected chi connectivity index (χ1v) is 7.94. The van der Waals surface area contributed by atoms with Gasteiger partial charge in [0.15, 0.2) is 0 Å². The molecule has 2 saturated heterocycles. The number of rotatable bonds is 2. The maximum absolute atomic E-state index is 14.1. The van der Waals surface area contributed by atoms with Crippen molar-refractivity contribution in [2.75, 3.05) is 13.2 Å². The molecule has 0 spiro atoms. The van der Waals surface area contributed by atoms with Crippen LogP contribution in [0, 0.1) is 12.7 Å². The lowest BCUT2D eigenvalue weighted by molar-refractivity contribution is 0.0845. The topological polar surface area (TPSA) is 41.9 Å². The molecule has 2 aliphatic heterocycles. The molecule has 22 heavy (non-hydrogen) atoms. The number of likely N-dealkylation sites (tertiary alicyclic amines) is 1. The molecule has 0 saturated carbocycles. The molecular weight excluding hydrogens is 329 g/mol. The summed E-state index contributed by atoms with van der Waals surface area (Å²) in [5.41, 5.74) is 0.803. The van der Waals surface area contributed by atoms with E-state index in [1.54, 1.807) is 19.1 Å². The van der Waals surface area contributed by atoms with Gasteiger partial charge >= 0.3 is 0 Å². The fourth-order valence-corrected chi connectivity index (χ4v) is 3.49. The van der Waals surface area contributed by atoms with Crippen molar-refractivity contribution in [2.45, 2.75) is 38.2 Å². The van der Waals surface area contributed by atoms with Crippen molar-refractivity contribution in [3.05, 3.63) is 34.1 Å². The first-order valence-electron chi connectivity index (χ1n) is 7.15. The minimum Gasteiger partial charge on any atom is -0.466 e. The number of ether oxygens (including phenoxy) is 2. The second-order valence-electron chi connectivity index (χ2n) is 5.62. The number of aryl methyl sites for hydroxylation is 1. The van der Waals surface area contributed by atoms with Gasteiger partial charge in [-0.15, -0.1) is 0 Å². The van der Waals surface area contributed by atoms with Crippen molar-refractivity contribution < 1.29 is 19.0 Å². The molecule has 3 atom stereocenters. The molecule has 4 nitrogen and oxygen atoms in total. The Labute approximate surface area is 138 Å². The van der Waals surface area contributed by atoms with Crippen molar-refractivity contribution in [1.29, 1.82) is 0 Å². The van der Waals surface area contributed by atoms with Crippen LogP contribution in [0.25, 0.3) is 0 Å². The van der Waals surface area contributed by atoms with Gasteiger partial charge in [0.1, 0.15) is 18.5 Å². The molecule has 1 unspecified atom stereocenters. The van der Waals surface area contributed by atoms with Gasteiger partial charge in [-0.05, 0) is 37.2 Å². The Morgan fingerprint density at radius 2 is 2.36 bits per heavy atom. The van der Waals surface area contributed by atoms with Gasteiger partial charge in [-0.25, -0.2) is 4.39 Å². The number of halogens is 2. The summed E-state index contributed by atoms with van der Waals surface area (Å²) in [4.78, 5) is 1.82. The second kappa shape index (κ2) is 6.28. The zero-order chi connectivity index (χ0) is 15.9. The quantitative estimate of drug-likeness (QED) is 0.834. The molecule has 0 bridgehead atoms. The van der Waals surface area contributed by atoms with E-state index in [0.29, 0.717) is 29.3 Å². The lowest BCUT2D eigenvalue weighted by Gasteiger charge is -2.27. The number of fused-ring (bicyclic) bond motifs is 1. The summed E-state index contributed by atoms with van der Waals surface area (Å²) in [6.45, 7) is 2.61. The summed E-state index contributed by atoms with van der Waals surface area (Å²) in [6, 6.07) is 3.09. The molecule has 0 radical (unpaired) electrons. The van der Waals surface area contributed by atoms with Gasteiger partial charge in [0.25, 0.3) is 5.17 Å². The molecule has 7 heteroatoms. The van der Waals surface area contributed by atoms with Crippen molar-refractivity contribution >= 4 is 29.0 Å². The van der Waals surface area contributed by atoms with Crippen molar-refractivity contribution in [2.24, 2.45) is 0 Å². The van der Waals surface area contributed by atoms with E-state index in [2.05, 4.69) is 0 Å². The molecule has 2 aliphatic rings. The van der Waals surface area contributed by atoms with Gasteiger partial charge in [0.2, 0.25) is 0 Å². The minimum absolute atomic E-state index is 0.0177. The van der Waals surface area contributed by atoms with Crippen molar-refractivity contribution in [3.8, 4) is 0 Å². The lowest BCUT2D eigenvalue weighted by atomic mass is 10.1. The first-order chi connectivity index (χ1) is 10.5.